The standard InChI is InChI=1S/C21H22N2O4S2/c24-21(22-15-17(19-9-6-14-28-19)23-12-4-5-13-23)18-10-11-20(27-18)29(25,26)16-7-2-1-3-8-16/h1-3,6-11,14,17H,4-5,12-13,15H2,(H,22,24). The van der Waals surface area contributed by atoms with Crippen molar-refractivity contribution in [2.24, 2.45) is 0 Å². The number of carbonyl (C=O) groups is 1. The van der Waals surface area contributed by atoms with Gasteiger partial charge in [0.2, 0.25) is 14.9 Å². The quantitative estimate of drug-likeness (QED) is 0.618. The predicted octanol–water partition coefficient (Wildman–Crippen LogP) is 3.74. The molecule has 29 heavy (non-hydrogen) atoms. The van der Waals surface area contributed by atoms with E-state index in [4.69, 9.17) is 4.42 Å². The number of hydrogen-bond acceptors (Lipinski definition) is 6. The van der Waals surface area contributed by atoms with Crippen LogP contribution in [0, 0.1) is 0 Å². The molecule has 2 aromatic heterocycles. The van der Waals surface area contributed by atoms with Gasteiger partial charge >= 0.3 is 0 Å². The van der Waals surface area contributed by atoms with E-state index in [0.717, 1.165) is 25.9 Å². The Morgan fingerprint density at radius 1 is 1.07 bits per heavy atom. The molecule has 8 heteroatoms. The summed E-state index contributed by atoms with van der Waals surface area (Å²) in [5.74, 6) is -0.425. The van der Waals surface area contributed by atoms with Crippen molar-refractivity contribution in [3.8, 4) is 0 Å². The predicted molar refractivity (Wildman–Crippen MR) is 111 cm³/mol. The van der Waals surface area contributed by atoms with Crippen LogP contribution in [-0.2, 0) is 9.84 Å². The summed E-state index contributed by atoms with van der Waals surface area (Å²) in [5, 5.41) is 4.71. The number of thiophene rings is 1. The highest BCUT2D eigenvalue weighted by atomic mass is 32.2. The number of carbonyl (C=O) groups excluding carboxylic acids is 1. The maximum absolute atomic E-state index is 12.6. The van der Waals surface area contributed by atoms with Gasteiger partial charge in [-0.05, 0) is 61.6 Å². The van der Waals surface area contributed by atoms with E-state index in [-0.39, 0.29) is 21.8 Å². The minimum absolute atomic E-state index is 0.00847. The first-order valence-corrected chi connectivity index (χ1v) is 11.9. The topological polar surface area (TPSA) is 79.6 Å². The molecule has 1 atom stereocenters. The summed E-state index contributed by atoms with van der Waals surface area (Å²) in [4.78, 5) is 16.3. The van der Waals surface area contributed by atoms with Crippen LogP contribution in [0.1, 0.15) is 34.3 Å². The third kappa shape index (κ3) is 4.29. The van der Waals surface area contributed by atoms with Crippen molar-refractivity contribution in [1.82, 2.24) is 10.2 Å². The van der Waals surface area contributed by atoms with Crippen LogP contribution in [0.3, 0.4) is 0 Å². The number of likely N-dealkylation sites (tertiary alicyclic amines) is 1. The van der Waals surface area contributed by atoms with Gasteiger partial charge in [0.1, 0.15) is 0 Å². The molecule has 1 unspecified atom stereocenters. The fourth-order valence-corrected chi connectivity index (χ4v) is 5.58. The average molecular weight is 431 g/mol. The highest BCUT2D eigenvalue weighted by molar-refractivity contribution is 7.91. The van der Waals surface area contributed by atoms with Crippen molar-refractivity contribution in [3.63, 3.8) is 0 Å². The Morgan fingerprint density at radius 3 is 2.52 bits per heavy atom. The van der Waals surface area contributed by atoms with Crippen molar-refractivity contribution in [3.05, 3.63) is 70.6 Å². The van der Waals surface area contributed by atoms with Crippen LogP contribution >= 0.6 is 11.3 Å². The second-order valence-electron chi connectivity index (χ2n) is 6.92. The lowest BCUT2D eigenvalue weighted by Gasteiger charge is -2.26. The molecule has 1 saturated heterocycles. The molecule has 3 aromatic rings. The Morgan fingerprint density at radius 2 is 1.83 bits per heavy atom. The number of hydrogen-bond donors (Lipinski definition) is 1. The van der Waals surface area contributed by atoms with Crippen LogP contribution in [0.4, 0.5) is 0 Å². The largest absolute Gasteiger partial charge is 0.439 e. The Hall–Kier alpha value is -2.42. The molecule has 3 heterocycles. The summed E-state index contributed by atoms with van der Waals surface area (Å²) < 4.78 is 30.7. The number of furan rings is 1. The SMILES string of the molecule is O=C(NCC(c1cccs1)N1CCCC1)c1ccc(S(=O)(=O)c2ccccc2)o1. The molecule has 0 bridgehead atoms. The van der Waals surface area contributed by atoms with E-state index in [0.29, 0.717) is 6.54 Å². The second kappa shape index (κ2) is 8.52. The van der Waals surface area contributed by atoms with Crippen LogP contribution in [0.5, 0.6) is 0 Å². The summed E-state index contributed by atoms with van der Waals surface area (Å²) in [6, 6.07) is 15.0. The van der Waals surface area contributed by atoms with Gasteiger partial charge in [0.05, 0.1) is 10.9 Å². The molecule has 152 valence electrons. The normalized spacial score (nSPS) is 16.0. The summed E-state index contributed by atoms with van der Waals surface area (Å²) in [5.41, 5.74) is 0. The summed E-state index contributed by atoms with van der Waals surface area (Å²) in [6.45, 7) is 2.47. The molecule has 6 nitrogen and oxygen atoms in total. The smallest absolute Gasteiger partial charge is 0.287 e. The van der Waals surface area contributed by atoms with Gasteiger partial charge in [0.15, 0.2) is 5.76 Å². The molecule has 4 rings (SSSR count). The lowest BCUT2D eigenvalue weighted by molar-refractivity contribution is 0.0905. The van der Waals surface area contributed by atoms with Crippen LogP contribution in [0.15, 0.2) is 74.4 Å². The maximum atomic E-state index is 12.6. The van der Waals surface area contributed by atoms with Crippen LogP contribution in [0.2, 0.25) is 0 Å². The number of sulfone groups is 1. The first-order chi connectivity index (χ1) is 14.1. The number of nitrogens with zero attached hydrogens (tertiary/aromatic N) is 1. The number of benzene rings is 1. The van der Waals surface area contributed by atoms with Gasteiger partial charge in [-0.2, -0.15) is 0 Å². The fraction of sp³-hybridized carbons (Fsp3) is 0.286. The minimum atomic E-state index is -3.78. The first-order valence-electron chi connectivity index (χ1n) is 9.51. The van der Waals surface area contributed by atoms with E-state index in [1.807, 2.05) is 11.4 Å². The zero-order valence-corrected chi connectivity index (χ0v) is 17.4. The Bertz CT molecular complexity index is 1050. The number of nitrogens with one attached hydrogen (secondary N) is 1. The van der Waals surface area contributed by atoms with Crippen molar-refractivity contribution >= 4 is 27.1 Å². The van der Waals surface area contributed by atoms with Gasteiger partial charge in [-0.25, -0.2) is 8.42 Å². The van der Waals surface area contributed by atoms with Crippen LogP contribution in [-0.4, -0.2) is 38.9 Å². The molecule has 1 aliphatic heterocycles. The summed E-state index contributed by atoms with van der Waals surface area (Å²) >= 11 is 1.67. The molecule has 1 N–H and O–H groups in total. The zero-order valence-electron chi connectivity index (χ0n) is 15.8. The number of rotatable bonds is 7. The summed E-state index contributed by atoms with van der Waals surface area (Å²) in [7, 11) is -3.78. The molecule has 1 amide bonds. The van der Waals surface area contributed by atoms with E-state index in [1.165, 1.54) is 29.1 Å². The van der Waals surface area contributed by atoms with E-state index in [1.54, 1.807) is 29.5 Å². The Balaban J connectivity index is 1.46. The van der Waals surface area contributed by atoms with Gasteiger partial charge < -0.3 is 9.73 Å². The molecular formula is C21H22N2O4S2. The first kappa shape index (κ1) is 19.9. The molecule has 0 spiro atoms. The van der Waals surface area contributed by atoms with Gasteiger partial charge in [-0.1, -0.05) is 24.3 Å². The highest BCUT2D eigenvalue weighted by Crippen LogP contribution is 2.28. The molecule has 0 radical (unpaired) electrons. The highest BCUT2D eigenvalue weighted by Gasteiger charge is 2.26. The maximum Gasteiger partial charge on any atom is 0.287 e. The van der Waals surface area contributed by atoms with Crippen LogP contribution < -0.4 is 5.32 Å². The average Bonchev–Trinajstić information content (AvgIpc) is 3.51. The van der Waals surface area contributed by atoms with Gasteiger partial charge in [0.25, 0.3) is 5.91 Å². The Kier molecular flexibility index (Phi) is 5.84. The monoisotopic (exact) mass is 430 g/mol. The fourth-order valence-electron chi connectivity index (χ4n) is 3.52. The van der Waals surface area contributed by atoms with Crippen molar-refractivity contribution in [2.75, 3.05) is 19.6 Å². The van der Waals surface area contributed by atoms with Gasteiger partial charge in [0, 0.05) is 11.4 Å². The van der Waals surface area contributed by atoms with Crippen molar-refractivity contribution in [2.45, 2.75) is 28.9 Å². The van der Waals surface area contributed by atoms with Crippen molar-refractivity contribution < 1.29 is 17.6 Å². The van der Waals surface area contributed by atoms with E-state index in [2.05, 4.69) is 16.3 Å². The van der Waals surface area contributed by atoms with E-state index < -0.39 is 15.7 Å². The van der Waals surface area contributed by atoms with E-state index in [9.17, 15) is 13.2 Å². The number of amides is 1. The molecule has 0 saturated carbocycles. The molecule has 0 aliphatic carbocycles. The third-order valence-electron chi connectivity index (χ3n) is 5.03. The lowest BCUT2D eigenvalue weighted by atomic mass is 10.2. The Labute approximate surface area is 174 Å². The molecule has 1 fully saturated rings. The van der Waals surface area contributed by atoms with Crippen molar-refractivity contribution in [1.29, 1.82) is 0 Å². The molecule has 1 aromatic carbocycles. The second-order valence-corrected chi connectivity index (χ2v) is 9.78. The molecule has 1 aliphatic rings. The molecular weight excluding hydrogens is 408 g/mol. The minimum Gasteiger partial charge on any atom is -0.439 e. The lowest BCUT2D eigenvalue weighted by Crippen LogP contribution is -2.36. The van der Waals surface area contributed by atoms with Crippen LogP contribution in [0.25, 0.3) is 0 Å². The van der Waals surface area contributed by atoms with E-state index >= 15 is 0 Å². The van der Waals surface area contributed by atoms with Gasteiger partial charge in [-0.15, -0.1) is 11.3 Å². The van der Waals surface area contributed by atoms with Gasteiger partial charge in [-0.3, -0.25) is 9.69 Å². The summed E-state index contributed by atoms with van der Waals surface area (Å²) in [6.07, 6.45) is 2.32. The third-order valence-corrected chi connectivity index (χ3v) is 7.65. The zero-order chi connectivity index (χ0) is 20.3.